The van der Waals surface area contributed by atoms with E-state index in [2.05, 4.69) is 5.32 Å². The zero-order valence-electron chi connectivity index (χ0n) is 5.72. The maximum atomic E-state index is 10.9. The first kappa shape index (κ1) is 7.60. The quantitative estimate of drug-likeness (QED) is 0.592. The third-order valence-electron chi connectivity index (χ3n) is 1.42. The molecule has 3 nitrogen and oxygen atoms in total. The van der Waals surface area contributed by atoms with Gasteiger partial charge in [0, 0.05) is 13.5 Å². The Hall–Kier alpha value is -0.510. The topological polar surface area (TPSA) is 46.2 Å². The van der Waals surface area contributed by atoms with E-state index in [1.54, 1.807) is 7.05 Å². The number of hydrogen-bond acceptors (Lipinski definition) is 3. The number of thioether (sulfide) groups is 1. The number of rotatable bonds is 1. The molecule has 1 aliphatic rings. The van der Waals surface area contributed by atoms with Gasteiger partial charge < -0.3 is 5.32 Å². The highest BCUT2D eigenvalue weighted by atomic mass is 32.2. The fourth-order valence-electron chi connectivity index (χ4n) is 0.871. The van der Waals surface area contributed by atoms with Gasteiger partial charge in [0.1, 0.15) is 0 Å². The lowest BCUT2D eigenvalue weighted by atomic mass is 10.2. The summed E-state index contributed by atoms with van der Waals surface area (Å²) in [5, 5.41) is 2.52. The van der Waals surface area contributed by atoms with Crippen LogP contribution in [0.2, 0.25) is 0 Å². The highest BCUT2D eigenvalue weighted by molar-refractivity contribution is 8.15. The van der Waals surface area contributed by atoms with Gasteiger partial charge in [0.25, 0.3) is 0 Å². The van der Waals surface area contributed by atoms with E-state index in [4.69, 9.17) is 0 Å². The molecule has 1 rings (SSSR count). The van der Waals surface area contributed by atoms with Crippen LogP contribution in [-0.2, 0) is 9.59 Å². The lowest BCUT2D eigenvalue weighted by Crippen LogP contribution is -2.27. The van der Waals surface area contributed by atoms with E-state index < -0.39 is 0 Å². The molecule has 0 aromatic heterocycles. The van der Waals surface area contributed by atoms with E-state index in [0.29, 0.717) is 12.8 Å². The van der Waals surface area contributed by atoms with Crippen molar-refractivity contribution in [2.75, 3.05) is 7.05 Å². The van der Waals surface area contributed by atoms with Crippen molar-refractivity contribution in [1.82, 2.24) is 5.32 Å². The van der Waals surface area contributed by atoms with Crippen LogP contribution >= 0.6 is 11.8 Å². The summed E-state index contributed by atoms with van der Waals surface area (Å²) >= 11 is 1.15. The smallest absolute Gasteiger partial charge is 0.233 e. The van der Waals surface area contributed by atoms with Gasteiger partial charge in [-0.05, 0) is 6.42 Å². The van der Waals surface area contributed by atoms with E-state index in [9.17, 15) is 9.59 Å². The van der Waals surface area contributed by atoms with Gasteiger partial charge in [0.15, 0.2) is 5.12 Å². The highest BCUT2D eigenvalue weighted by Gasteiger charge is 2.27. The third-order valence-corrected chi connectivity index (χ3v) is 2.62. The van der Waals surface area contributed by atoms with Crippen molar-refractivity contribution >= 4 is 22.8 Å². The molecule has 1 N–H and O–H groups in total. The summed E-state index contributed by atoms with van der Waals surface area (Å²) in [6.07, 6.45) is 1.24. The molecule has 0 bridgehead atoms. The second-order valence-electron chi connectivity index (χ2n) is 2.13. The molecule has 56 valence electrons. The van der Waals surface area contributed by atoms with Crippen molar-refractivity contribution in [2.24, 2.45) is 0 Å². The molecule has 1 heterocycles. The Kier molecular flexibility index (Phi) is 2.32. The second kappa shape index (κ2) is 3.05. The van der Waals surface area contributed by atoms with Crippen molar-refractivity contribution in [3.05, 3.63) is 0 Å². The molecule has 1 aliphatic heterocycles. The molecule has 0 saturated carbocycles. The standard InChI is InChI=1S/C6H9NO2S/c1-7-6(9)4-2-3-5(8)10-4/h4H,2-3H2,1H3,(H,7,9). The van der Waals surface area contributed by atoms with Crippen molar-refractivity contribution in [3.8, 4) is 0 Å². The maximum absolute atomic E-state index is 10.9. The van der Waals surface area contributed by atoms with Gasteiger partial charge in [0.2, 0.25) is 5.91 Å². The second-order valence-corrected chi connectivity index (χ2v) is 3.39. The molecule has 0 aromatic rings. The van der Waals surface area contributed by atoms with Crippen LogP contribution < -0.4 is 5.32 Å². The number of amides is 1. The van der Waals surface area contributed by atoms with E-state index in [0.717, 1.165) is 11.8 Å². The number of hydrogen-bond donors (Lipinski definition) is 1. The highest BCUT2D eigenvalue weighted by Crippen LogP contribution is 2.27. The van der Waals surface area contributed by atoms with Gasteiger partial charge >= 0.3 is 0 Å². The SMILES string of the molecule is CNC(=O)C1CCC(=O)S1. The molecule has 1 fully saturated rings. The molecule has 0 radical (unpaired) electrons. The molecular formula is C6H9NO2S. The van der Waals surface area contributed by atoms with Crippen LogP contribution in [0.3, 0.4) is 0 Å². The monoisotopic (exact) mass is 159 g/mol. The van der Waals surface area contributed by atoms with Gasteiger partial charge in [-0.25, -0.2) is 0 Å². The average molecular weight is 159 g/mol. The summed E-state index contributed by atoms with van der Waals surface area (Å²) in [4.78, 5) is 21.5. The number of nitrogens with one attached hydrogen (secondary N) is 1. The fourth-order valence-corrected chi connectivity index (χ4v) is 1.88. The molecule has 1 unspecified atom stereocenters. The van der Waals surface area contributed by atoms with Gasteiger partial charge in [-0.1, -0.05) is 11.8 Å². The molecular weight excluding hydrogens is 150 g/mol. The summed E-state index contributed by atoms with van der Waals surface area (Å²) in [5.74, 6) is -0.0316. The molecule has 0 spiro atoms. The van der Waals surface area contributed by atoms with Crippen LogP contribution in [0.25, 0.3) is 0 Å². The van der Waals surface area contributed by atoms with Crippen molar-refractivity contribution in [1.29, 1.82) is 0 Å². The zero-order valence-corrected chi connectivity index (χ0v) is 6.53. The van der Waals surface area contributed by atoms with Crippen molar-refractivity contribution in [2.45, 2.75) is 18.1 Å². The lowest BCUT2D eigenvalue weighted by Gasteiger charge is -2.02. The molecule has 4 heteroatoms. The van der Waals surface area contributed by atoms with Crippen LogP contribution in [0.4, 0.5) is 0 Å². The number of carbonyl (C=O) groups excluding carboxylic acids is 2. The van der Waals surface area contributed by atoms with Crippen LogP contribution in [0, 0.1) is 0 Å². The van der Waals surface area contributed by atoms with Crippen LogP contribution in [0.5, 0.6) is 0 Å². The van der Waals surface area contributed by atoms with E-state index in [1.807, 2.05) is 0 Å². The molecule has 0 aromatic carbocycles. The molecule has 10 heavy (non-hydrogen) atoms. The zero-order chi connectivity index (χ0) is 7.56. The first-order chi connectivity index (χ1) is 4.74. The Balaban J connectivity index is 2.44. The Morgan fingerprint density at radius 1 is 1.80 bits per heavy atom. The van der Waals surface area contributed by atoms with E-state index in [1.165, 1.54) is 0 Å². The normalized spacial score (nSPS) is 24.9. The van der Waals surface area contributed by atoms with Crippen LogP contribution in [0.1, 0.15) is 12.8 Å². The Morgan fingerprint density at radius 3 is 2.90 bits per heavy atom. The fraction of sp³-hybridized carbons (Fsp3) is 0.667. The Bertz CT molecular complexity index is 169. The summed E-state index contributed by atoms with van der Waals surface area (Å²) in [6.45, 7) is 0. The predicted molar refractivity (Wildman–Crippen MR) is 39.7 cm³/mol. The summed E-state index contributed by atoms with van der Waals surface area (Å²) in [6, 6.07) is 0. The minimum Gasteiger partial charge on any atom is -0.358 e. The van der Waals surface area contributed by atoms with Crippen molar-refractivity contribution < 1.29 is 9.59 Å². The van der Waals surface area contributed by atoms with Crippen molar-refractivity contribution in [3.63, 3.8) is 0 Å². The largest absolute Gasteiger partial charge is 0.358 e. The lowest BCUT2D eigenvalue weighted by molar-refractivity contribution is -0.120. The van der Waals surface area contributed by atoms with Crippen LogP contribution in [0.15, 0.2) is 0 Å². The first-order valence-electron chi connectivity index (χ1n) is 3.15. The predicted octanol–water partition coefficient (Wildman–Crippen LogP) is 0.155. The Morgan fingerprint density at radius 2 is 2.50 bits per heavy atom. The minimum absolute atomic E-state index is 0.0316. The maximum Gasteiger partial charge on any atom is 0.233 e. The first-order valence-corrected chi connectivity index (χ1v) is 4.03. The van der Waals surface area contributed by atoms with Gasteiger partial charge in [0.05, 0.1) is 5.25 Å². The minimum atomic E-state index is -0.127. The molecule has 1 amide bonds. The summed E-state index contributed by atoms with van der Waals surface area (Å²) in [7, 11) is 1.59. The molecule has 1 saturated heterocycles. The van der Waals surface area contributed by atoms with E-state index in [-0.39, 0.29) is 16.3 Å². The number of carbonyl (C=O) groups is 2. The van der Waals surface area contributed by atoms with Crippen LogP contribution in [-0.4, -0.2) is 23.3 Å². The van der Waals surface area contributed by atoms with E-state index >= 15 is 0 Å². The summed E-state index contributed by atoms with van der Waals surface area (Å²) in [5.41, 5.74) is 0. The summed E-state index contributed by atoms with van der Waals surface area (Å²) < 4.78 is 0. The average Bonchev–Trinajstić information content (AvgIpc) is 2.34. The van der Waals surface area contributed by atoms with Gasteiger partial charge in [-0.2, -0.15) is 0 Å². The van der Waals surface area contributed by atoms with Gasteiger partial charge in [-0.15, -0.1) is 0 Å². The Labute approximate surface area is 63.6 Å². The third kappa shape index (κ3) is 1.50. The molecule has 0 aliphatic carbocycles. The van der Waals surface area contributed by atoms with Gasteiger partial charge in [-0.3, -0.25) is 9.59 Å². The molecule has 1 atom stereocenters.